The predicted octanol–water partition coefficient (Wildman–Crippen LogP) is 3.25. The SMILES string of the molecule is CC(C(=O)O)c1ccc(CN2CCCCC2C)cc1. The van der Waals surface area contributed by atoms with Crippen LogP contribution in [-0.4, -0.2) is 28.6 Å². The Bertz CT molecular complexity index is 427. The lowest BCUT2D eigenvalue weighted by molar-refractivity contribution is -0.138. The summed E-state index contributed by atoms with van der Waals surface area (Å²) in [6, 6.07) is 8.68. The largest absolute Gasteiger partial charge is 0.481 e. The molecule has 0 radical (unpaired) electrons. The summed E-state index contributed by atoms with van der Waals surface area (Å²) >= 11 is 0. The summed E-state index contributed by atoms with van der Waals surface area (Å²) in [5, 5.41) is 8.99. The van der Waals surface area contributed by atoms with Gasteiger partial charge in [-0.05, 0) is 44.4 Å². The fraction of sp³-hybridized carbons (Fsp3) is 0.562. The van der Waals surface area contributed by atoms with E-state index in [1.54, 1.807) is 6.92 Å². The van der Waals surface area contributed by atoms with Gasteiger partial charge < -0.3 is 5.11 Å². The molecular formula is C16H23NO2. The van der Waals surface area contributed by atoms with E-state index in [4.69, 9.17) is 5.11 Å². The zero-order valence-electron chi connectivity index (χ0n) is 11.8. The molecule has 1 aliphatic rings. The quantitative estimate of drug-likeness (QED) is 0.904. The van der Waals surface area contributed by atoms with Gasteiger partial charge in [-0.15, -0.1) is 0 Å². The van der Waals surface area contributed by atoms with Crippen molar-refractivity contribution in [1.82, 2.24) is 4.90 Å². The zero-order chi connectivity index (χ0) is 13.8. The third kappa shape index (κ3) is 3.57. The monoisotopic (exact) mass is 261 g/mol. The number of piperidine rings is 1. The number of carboxylic acids is 1. The van der Waals surface area contributed by atoms with E-state index < -0.39 is 11.9 Å². The van der Waals surface area contributed by atoms with Gasteiger partial charge in [0.05, 0.1) is 5.92 Å². The molecule has 0 saturated carbocycles. The summed E-state index contributed by atoms with van der Waals surface area (Å²) in [6.45, 7) is 6.17. The van der Waals surface area contributed by atoms with Crippen molar-refractivity contribution in [2.75, 3.05) is 6.54 Å². The molecular weight excluding hydrogens is 238 g/mol. The van der Waals surface area contributed by atoms with Gasteiger partial charge in [0.1, 0.15) is 0 Å². The van der Waals surface area contributed by atoms with E-state index in [0.29, 0.717) is 6.04 Å². The Hall–Kier alpha value is -1.35. The van der Waals surface area contributed by atoms with Crippen LogP contribution in [0.5, 0.6) is 0 Å². The summed E-state index contributed by atoms with van der Waals surface area (Å²) in [5.41, 5.74) is 2.15. The van der Waals surface area contributed by atoms with Crippen molar-refractivity contribution in [2.24, 2.45) is 0 Å². The van der Waals surface area contributed by atoms with E-state index in [1.807, 2.05) is 12.1 Å². The van der Waals surface area contributed by atoms with Crippen LogP contribution in [0, 0.1) is 0 Å². The standard InChI is InChI=1S/C16H23NO2/c1-12-5-3-4-10-17(12)11-14-6-8-15(9-7-14)13(2)16(18)19/h6-9,12-13H,3-5,10-11H2,1-2H3,(H,18,19). The molecule has 0 bridgehead atoms. The number of likely N-dealkylation sites (tertiary alicyclic amines) is 1. The number of benzene rings is 1. The molecule has 0 amide bonds. The number of hydrogen-bond donors (Lipinski definition) is 1. The van der Waals surface area contributed by atoms with Crippen molar-refractivity contribution in [2.45, 2.75) is 51.6 Å². The minimum atomic E-state index is -0.766. The molecule has 1 fully saturated rings. The molecule has 1 saturated heterocycles. The maximum absolute atomic E-state index is 10.9. The van der Waals surface area contributed by atoms with Gasteiger partial charge in [0.2, 0.25) is 0 Å². The second-order valence-electron chi connectivity index (χ2n) is 5.62. The summed E-state index contributed by atoms with van der Waals surface area (Å²) in [5.74, 6) is -1.19. The van der Waals surface area contributed by atoms with Crippen LogP contribution in [0.25, 0.3) is 0 Å². The van der Waals surface area contributed by atoms with Gasteiger partial charge >= 0.3 is 5.97 Å². The van der Waals surface area contributed by atoms with Gasteiger partial charge in [0.15, 0.2) is 0 Å². The number of rotatable bonds is 4. The summed E-state index contributed by atoms with van der Waals surface area (Å²) in [7, 11) is 0. The first kappa shape index (κ1) is 14.1. The Kier molecular flexibility index (Phi) is 4.59. The van der Waals surface area contributed by atoms with Crippen LogP contribution in [0.15, 0.2) is 24.3 Å². The highest BCUT2D eigenvalue weighted by Crippen LogP contribution is 2.21. The molecule has 0 aliphatic carbocycles. The van der Waals surface area contributed by atoms with Crippen molar-refractivity contribution in [3.63, 3.8) is 0 Å². The Balaban J connectivity index is 2.00. The second kappa shape index (κ2) is 6.20. The molecule has 1 heterocycles. The molecule has 1 N–H and O–H groups in total. The van der Waals surface area contributed by atoms with Gasteiger partial charge in [-0.2, -0.15) is 0 Å². The highest BCUT2D eigenvalue weighted by atomic mass is 16.4. The van der Waals surface area contributed by atoms with Crippen LogP contribution in [-0.2, 0) is 11.3 Å². The van der Waals surface area contributed by atoms with Gasteiger partial charge in [-0.3, -0.25) is 9.69 Å². The van der Waals surface area contributed by atoms with Crippen LogP contribution in [0.4, 0.5) is 0 Å². The van der Waals surface area contributed by atoms with Crippen molar-refractivity contribution in [3.8, 4) is 0 Å². The molecule has 104 valence electrons. The molecule has 3 heteroatoms. The van der Waals surface area contributed by atoms with E-state index in [9.17, 15) is 4.79 Å². The molecule has 2 rings (SSSR count). The first-order valence-corrected chi connectivity index (χ1v) is 7.13. The Morgan fingerprint density at radius 2 is 2.05 bits per heavy atom. The van der Waals surface area contributed by atoms with Gasteiger partial charge in [-0.1, -0.05) is 30.7 Å². The van der Waals surface area contributed by atoms with E-state index >= 15 is 0 Å². The number of hydrogen-bond acceptors (Lipinski definition) is 2. The minimum Gasteiger partial charge on any atom is -0.481 e. The van der Waals surface area contributed by atoms with Crippen molar-refractivity contribution in [3.05, 3.63) is 35.4 Å². The third-order valence-electron chi connectivity index (χ3n) is 4.18. The lowest BCUT2D eigenvalue weighted by Gasteiger charge is -2.33. The van der Waals surface area contributed by atoms with Gasteiger partial charge in [0.25, 0.3) is 0 Å². The van der Waals surface area contributed by atoms with Crippen LogP contribution < -0.4 is 0 Å². The van der Waals surface area contributed by atoms with Crippen LogP contribution in [0.1, 0.15) is 50.2 Å². The lowest BCUT2D eigenvalue weighted by atomic mass is 9.99. The molecule has 2 atom stereocenters. The van der Waals surface area contributed by atoms with E-state index in [2.05, 4.69) is 24.0 Å². The Morgan fingerprint density at radius 3 is 2.63 bits per heavy atom. The average molecular weight is 261 g/mol. The van der Waals surface area contributed by atoms with E-state index in [1.165, 1.54) is 31.4 Å². The number of nitrogens with zero attached hydrogens (tertiary/aromatic N) is 1. The number of carbonyl (C=O) groups is 1. The molecule has 0 spiro atoms. The van der Waals surface area contributed by atoms with Crippen LogP contribution >= 0.6 is 0 Å². The number of aliphatic carboxylic acids is 1. The smallest absolute Gasteiger partial charge is 0.310 e. The van der Waals surface area contributed by atoms with Gasteiger partial charge in [0, 0.05) is 12.6 Å². The third-order valence-corrected chi connectivity index (χ3v) is 4.18. The van der Waals surface area contributed by atoms with Gasteiger partial charge in [-0.25, -0.2) is 0 Å². The molecule has 3 nitrogen and oxygen atoms in total. The first-order valence-electron chi connectivity index (χ1n) is 7.13. The Labute approximate surface area is 115 Å². The topological polar surface area (TPSA) is 40.5 Å². The zero-order valence-corrected chi connectivity index (χ0v) is 11.8. The fourth-order valence-electron chi connectivity index (χ4n) is 2.68. The lowest BCUT2D eigenvalue weighted by Crippen LogP contribution is -2.36. The van der Waals surface area contributed by atoms with E-state index in [0.717, 1.165) is 12.1 Å². The molecule has 19 heavy (non-hydrogen) atoms. The van der Waals surface area contributed by atoms with Crippen LogP contribution in [0.2, 0.25) is 0 Å². The highest BCUT2D eigenvalue weighted by molar-refractivity contribution is 5.75. The van der Waals surface area contributed by atoms with Crippen molar-refractivity contribution < 1.29 is 9.90 Å². The van der Waals surface area contributed by atoms with Crippen LogP contribution in [0.3, 0.4) is 0 Å². The molecule has 0 aromatic heterocycles. The summed E-state index contributed by atoms with van der Waals surface area (Å²) in [4.78, 5) is 13.4. The normalized spacial score (nSPS) is 22.1. The summed E-state index contributed by atoms with van der Waals surface area (Å²) in [6.07, 6.45) is 3.92. The second-order valence-corrected chi connectivity index (χ2v) is 5.62. The minimum absolute atomic E-state index is 0.428. The molecule has 1 aliphatic heterocycles. The first-order chi connectivity index (χ1) is 9.08. The Morgan fingerprint density at radius 1 is 1.37 bits per heavy atom. The summed E-state index contributed by atoms with van der Waals surface area (Å²) < 4.78 is 0. The van der Waals surface area contributed by atoms with E-state index in [-0.39, 0.29) is 0 Å². The maximum Gasteiger partial charge on any atom is 0.310 e. The van der Waals surface area contributed by atoms with Crippen molar-refractivity contribution >= 4 is 5.97 Å². The van der Waals surface area contributed by atoms with Crippen molar-refractivity contribution in [1.29, 1.82) is 0 Å². The average Bonchev–Trinajstić information content (AvgIpc) is 2.41. The molecule has 1 aromatic rings. The fourth-order valence-corrected chi connectivity index (χ4v) is 2.68. The highest BCUT2D eigenvalue weighted by Gasteiger charge is 2.18. The number of carboxylic acid groups (broad SMARTS) is 1. The maximum atomic E-state index is 10.9. The molecule has 2 unspecified atom stereocenters. The predicted molar refractivity (Wildman–Crippen MR) is 76.2 cm³/mol. The molecule has 1 aromatic carbocycles.